The predicted molar refractivity (Wildman–Crippen MR) is 128 cm³/mol. The van der Waals surface area contributed by atoms with Crippen molar-refractivity contribution in [3.05, 3.63) is 69.5 Å². The summed E-state index contributed by atoms with van der Waals surface area (Å²) in [5.74, 6) is -1.19. The minimum Gasteiger partial charge on any atom is -0.373 e. The van der Waals surface area contributed by atoms with Gasteiger partial charge in [0.2, 0.25) is 5.60 Å². The second-order valence-corrected chi connectivity index (χ2v) is 9.14. The minimum atomic E-state index is -4.92. The fourth-order valence-electron chi connectivity index (χ4n) is 3.28. The highest BCUT2D eigenvalue weighted by molar-refractivity contribution is 6.31. The molecule has 0 aliphatic carbocycles. The van der Waals surface area contributed by atoms with E-state index in [0.29, 0.717) is 23.9 Å². The smallest absolute Gasteiger partial charge is 0.373 e. The van der Waals surface area contributed by atoms with Crippen LogP contribution in [0, 0.1) is 36.9 Å². The Morgan fingerprint density at radius 3 is 2.29 bits per heavy atom. The Hall–Kier alpha value is -2.63. The van der Waals surface area contributed by atoms with Crippen molar-refractivity contribution in [3.8, 4) is 6.07 Å². The zero-order valence-electron chi connectivity index (χ0n) is 20.5. The van der Waals surface area contributed by atoms with E-state index in [9.17, 15) is 22.4 Å². The van der Waals surface area contributed by atoms with Crippen LogP contribution in [0.2, 0.25) is 5.02 Å². The monoisotopic (exact) mass is 514 g/mol. The van der Waals surface area contributed by atoms with E-state index in [0.717, 1.165) is 22.4 Å². The first-order chi connectivity index (χ1) is 16.1. The normalized spacial score (nSPS) is 16.7. The molecule has 0 aromatic heterocycles. The SMILES string of the molecule is CC1CCN(C(=O)[C@@](C)(O)C(F)(F)F)C1.CCc1cc(F)ccc1C.Cc1ccc(C#N)c(Cl)c1. The van der Waals surface area contributed by atoms with Gasteiger partial charge in [-0.15, -0.1) is 0 Å². The number of rotatable bonds is 2. The lowest BCUT2D eigenvalue weighted by Gasteiger charge is -2.29. The van der Waals surface area contributed by atoms with Crippen LogP contribution < -0.4 is 0 Å². The van der Waals surface area contributed by atoms with E-state index in [1.54, 1.807) is 18.2 Å². The van der Waals surface area contributed by atoms with Crippen molar-refractivity contribution in [1.29, 1.82) is 5.26 Å². The maximum atomic E-state index is 12.5. The second-order valence-electron chi connectivity index (χ2n) is 8.73. The fraction of sp³-hybridized carbons (Fsp3) is 0.462. The number of aliphatic hydroxyl groups is 1. The number of aryl methyl sites for hydroxylation is 3. The Bertz CT molecular complexity index is 1040. The van der Waals surface area contributed by atoms with Crippen LogP contribution in [0.25, 0.3) is 0 Å². The molecule has 0 bridgehead atoms. The van der Waals surface area contributed by atoms with E-state index in [2.05, 4.69) is 0 Å². The van der Waals surface area contributed by atoms with E-state index in [1.807, 2.05) is 45.9 Å². The highest BCUT2D eigenvalue weighted by Crippen LogP contribution is 2.33. The molecule has 1 unspecified atom stereocenters. The van der Waals surface area contributed by atoms with Gasteiger partial charge in [0.05, 0.1) is 10.6 Å². The molecule has 2 aromatic rings. The predicted octanol–water partition coefficient (Wildman–Crippen LogP) is 6.38. The highest BCUT2D eigenvalue weighted by Gasteiger charge is 2.57. The largest absolute Gasteiger partial charge is 0.426 e. The van der Waals surface area contributed by atoms with E-state index >= 15 is 0 Å². The third-order valence-corrected chi connectivity index (χ3v) is 5.93. The van der Waals surface area contributed by atoms with Crippen LogP contribution in [-0.2, 0) is 11.2 Å². The van der Waals surface area contributed by atoms with Gasteiger partial charge in [-0.1, -0.05) is 37.6 Å². The number of amides is 1. The number of hydrogen-bond donors (Lipinski definition) is 1. The maximum absolute atomic E-state index is 12.5. The molecule has 35 heavy (non-hydrogen) atoms. The van der Waals surface area contributed by atoms with Gasteiger partial charge >= 0.3 is 6.18 Å². The molecule has 192 valence electrons. The molecule has 0 spiro atoms. The molecule has 0 radical (unpaired) electrons. The van der Waals surface area contributed by atoms with Gasteiger partial charge in [-0.2, -0.15) is 18.4 Å². The first kappa shape index (κ1) is 30.4. The third-order valence-electron chi connectivity index (χ3n) is 5.62. The lowest BCUT2D eigenvalue weighted by Crippen LogP contribution is -2.55. The number of carbonyl (C=O) groups is 1. The number of nitrogens with zero attached hydrogens (tertiary/aromatic N) is 2. The van der Waals surface area contributed by atoms with Gasteiger partial charge in [0, 0.05) is 13.1 Å². The lowest BCUT2D eigenvalue weighted by atomic mass is 10.1. The number of halogens is 5. The van der Waals surface area contributed by atoms with Gasteiger partial charge in [-0.3, -0.25) is 4.79 Å². The number of carbonyl (C=O) groups excluding carboxylic acids is 1. The summed E-state index contributed by atoms with van der Waals surface area (Å²) in [5.41, 5.74) is 0.608. The molecule has 9 heteroatoms. The van der Waals surface area contributed by atoms with Gasteiger partial charge in [0.1, 0.15) is 11.9 Å². The standard InChI is InChI=1S/C9H14F3NO2.C9H11F.C8H6ClN/c1-6-3-4-13(5-6)7(14)8(2,15)9(10,11)12;1-3-8-6-9(10)5-4-7(8)2;1-6-2-3-7(5-10)8(9)4-6/h6,15H,3-5H2,1-2H3;4-6H,3H2,1-2H3;2-4H,1H3/t6?,8-;;/m1../s1. The average Bonchev–Trinajstić information content (AvgIpc) is 3.21. The number of hydrogen-bond acceptors (Lipinski definition) is 3. The van der Waals surface area contributed by atoms with Gasteiger partial charge in [0.15, 0.2) is 0 Å². The molecule has 3 rings (SSSR count). The van der Waals surface area contributed by atoms with Gasteiger partial charge in [-0.05, 0) is 80.5 Å². The summed E-state index contributed by atoms with van der Waals surface area (Å²) in [6, 6.07) is 12.3. The third kappa shape index (κ3) is 8.83. The number of alkyl halides is 3. The Morgan fingerprint density at radius 2 is 1.86 bits per heavy atom. The molecule has 1 fully saturated rings. The van der Waals surface area contributed by atoms with Crippen LogP contribution in [0.1, 0.15) is 49.4 Å². The molecule has 0 saturated carbocycles. The summed E-state index contributed by atoms with van der Waals surface area (Å²) in [5, 5.41) is 18.2. The van der Waals surface area contributed by atoms with E-state index in [1.165, 1.54) is 11.6 Å². The Balaban J connectivity index is 0.000000271. The minimum absolute atomic E-state index is 0.137. The highest BCUT2D eigenvalue weighted by atomic mass is 35.5. The summed E-state index contributed by atoms with van der Waals surface area (Å²) in [6.07, 6.45) is -3.33. The van der Waals surface area contributed by atoms with Crippen LogP contribution in [0.4, 0.5) is 17.6 Å². The topological polar surface area (TPSA) is 64.3 Å². The van der Waals surface area contributed by atoms with Crippen LogP contribution in [0.5, 0.6) is 0 Å². The van der Waals surface area contributed by atoms with Crippen LogP contribution in [0.15, 0.2) is 36.4 Å². The molecular formula is C26H31ClF4N2O2. The van der Waals surface area contributed by atoms with Crippen LogP contribution in [-0.4, -0.2) is 40.8 Å². The molecular weight excluding hydrogens is 484 g/mol. The first-order valence-electron chi connectivity index (χ1n) is 11.1. The van der Waals surface area contributed by atoms with Crippen molar-refractivity contribution in [2.75, 3.05) is 13.1 Å². The Labute approximate surface area is 209 Å². The van der Waals surface area contributed by atoms with Crippen LogP contribution in [0.3, 0.4) is 0 Å². The zero-order valence-corrected chi connectivity index (χ0v) is 21.3. The van der Waals surface area contributed by atoms with Crippen molar-refractivity contribution < 1.29 is 27.5 Å². The molecule has 4 nitrogen and oxygen atoms in total. The van der Waals surface area contributed by atoms with Crippen molar-refractivity contribution in [1.82, 2.24) is 4.90 Å². The number of nitriles is 1. The molecule has 1 N–H and O–H groups in total. The quantitative estimate of drug-likeness (QED) is 0.473. The second kappa shape index (κ2) is 12.9. The maximum Gasteiger partial charge on any atom is 0.426 e. The summed E-state index contributed by atoms with van der Waals surface area (Å²) < 4.78 is 49.5. The van der Waals surface area contributed by atoms with Gasteiger partial charge in [0.25, 0.3) is 5.91 Å². The number of benzene rings is 2. The Kier molecular flexibility index (Phi) is 11.2. The summed E-state index contributed by atoms with van der Waals surface area (Å²) in [4.78, 5) is 12.5. The summed E-state index contributed by atoms with van der Waals surface area (Å²) in [6.45, 7) is 8.89. The van der Waals surface area contributed by atoms with E-state index < -0.39 is 17.7 Å². The van der Waals surface area contributed by atoms with Crippen molar-refractivity contribution >= 4 is 17.5 Å². The summed E-state index contributed by atoms with van der Waals surface area (Å²) >= 11 is 5.71. The lowest BCUT2D eigenvalue weighted by molar-refractivity contribution is -0.249. The zero-order chi connectivity index (χ0) is 27.0. The van der Waals surface area contributed by atoms with E-state index in [-0.39, 0.29) is 24.8 Å². The molecule has 1 amide bonds. The summed E-state index contributed by atoms with van der Waals surface area (Å²) in [7, 11) is 0. The first-order valence-corrected chi connectivity index (χ1v) is 11.5. The molecule has 2 atom stereocenters. The van der Waals surface area contributed by atoms with Crippen molar-refractivity contribution in [2.24, 2.45) is 5.92 Å². The van der Waals surface area contributed by atoms with Crippen molar-refractivity contribution in [2.45, 2.75) is 59.2 Å². The molecule has 1 saturated heterocycles. The molecule has 1 aliphatic heterocycles. The van der Waals surface area contributed by atoms with Crippen LogP contribution >= 0.6 is 11.6 Å². The average molecular weight is 515 g/mol. The molecule has 1 aliphatic rings. The van der Waals surface area contributed by atoms with Gasteiger partial charge in [-0.25, -0.2) is 4.39 Å². The van der Waals surface area contributed by atoms with E-state index in [4.69, 9.17) is 22.0 Å². The van der Waals surface area contributed by atoms with Crippen molar-refractivity contribution in [3.63, 3.8) is 0 Å². The number of likely N-dealkylation sites (tertiary alicyclic amines) is 1. The fourth-order valence-corrected chi connectivity index (χ4v) is 3.56. The molecule has 2 aromatic carbocycles. The van der Waals surface area contributed by atoms with Gasteiger partial charge < -0.3 is 10.0 Å². The Morgan fingerprint density at radius 1 is 1.23 bits per heavy atom. The molecule has 1 heterocycles.